The number of benzene rings is 3. The van der Waals surface area contributed by atoms with Gasteiger partial charge in [0.05, 0.1) is 6.42 Å². The van der Waals surface area contributed by atoms with Crippen LogP contribution in [0.3, 0.4) is 0 Å². The molecule has 0 radical (unpaired) electrons. The van der Waals surface area contributed by atoms with Gasteiger partial charge in [0.1, 0.15) is 0 Å². The first-order valence-electron chi connectivity index (χ1n) is 9.44. The maximum Gasteiger partial charge on any atom is 0.307 e. The molecule has 1 fully saturated rings. The van der Waals surface area contributed by atoms with Gasteiger partial charge in [-0.3, -0.25) is 9.59 Å². The predicted molar refractivity (Wildman–Crippen MR) is 110 cm³/mol. The molecule has 3 aromatic rings. The first-order valence-corrected chi connectivity index (χ1v) is 9.44. The van der Waals surface area contributed by atoms with Crippen molar-refractivity contribution in [1.82, 2.24) is 4.90 Å². The summed E-state index contributed by atoms with van der Waals surface area (Å²) >= 11 is 0. The number of piperazine rings is 1. The number of hydrogen-bond acceptors (Lipinski definition) is 3. The Morgan fingerprint density at radius 1 is 0.821 bits per heavy atom. The molecule has 1 aliphatic heterocycles. The van der Waals surface area contributed by atoms with Crippen molar-refractivity contribution in [2.75, 3.05) is 31.1 Å². The first kappa shape index (κ1) is 18.0. The fourth-order valence-corrected chi connectivity index (χ4v) is 3.67. The summed E-state index contributed by atoms with van der Waals surface area (Å²) in [4.78, 5) is 27.8. The zero-order valence-corrected chi connectivity index (χ0v) is 15.5. The second kappa shape index (κ2) is 7.72. The van der Waals surface area contributed by atoms with Crippen molar-refractivity contribution in [3.63, 3.8) is 0 Å². The molecule has 0 aromatic heterocycles. The lowest BCUT2D eigenvalue weighted by molar-refractivity contribution is -0.136. The third-order valence-electron chi connectivity index (χ3n) is 5.22. The van der Waals surface area contributed by atoms with E-state index in [4.69, 9.17) is 5.11 Å². The van der Waals surface area contributed by atoms with Crippen molar-refractivity contribution in [2.45, 2.75) is 6.42 Å². The third kappa shape index (κ3) is 3.83. The van der Waals surface area contributed by atoms with Crippen molar-refractivity contribution >= 4 is 28.3 Å². The van der Waals surface area contributed by atoms with Gasteiger partial charge >= 0.3 is 5.97 Å². The van der Waals surface area contributed by atoms with Gasteiger partial charge in [0, 0.05) is 37.4 Å². The summed E-state index contributed by atoms with van der Waals surface area (Å²) < 4.78 is 0. The Hall–Kier alpha value is -3.34. The van der Waals surface area contributed by atoms with Gasteiger partial charge < -0.3 is 14.9 Å². The maximum atomic E-state index is 12.9. The van der Waals surface area contributed by atoms with E-state index in [1.165, 1.54) is 0 Å². The molecule has 28 heavy (non-hydrogen) atoms. The summed E-state index contributed by atoms with van der Waals surface area (Å²) in [7, 11) is 0. The van der Waals surface area contributed by atoms with E-state index in [0.29, 0.717) is 13.1 Å². The lowest BCUT2D eigenvalue weighted by Crippen LogP contribution is -2.48. The van der Waals surface area contributed by atoms with Crippen molar-refractivity contribution in [1.29, 1.82) is 0 Å². The highest BCUT2D eigenvalue weighted by molar-refractivity contribution is 5.98. The van der Waals surface area contributed by atoms with Crippen LogP contribution in [0.1, 0.15) is 15.9 Å². The number of carbonyl (C=O) groups excluding carboxylic acids is 1. The standard InChI is InChI=1S/C23H22N2O3/c26-22(27)15-17-5-9-21(10-6-17)24-11-13-25(14-12-24)23(28)20-8-7-18-3-1-2-4-19(18)16-20/h1-10,16H,11-15H2,(H,26,27). The number of carboxylic acid groups (broad SMARTS) is 1. The minimum absolute atomic E-state index is 0.0360. The van der Waals surface area contributed by atoms with Gasteiger partial charge in [-0.1, -0.05) is 42.5 Å². The van der Waals surface area contributed by atoms with Gasteiger partial charge in [-0.15, -0.1) is 0 Å². The number of carbonyl (C=O) groups is 2. The highest BCUT2D eigenvalue weighted by Gasteiger charge is 2.22. The SMILES string of the molecule is O=C(O)Cc1ccc(N2CCN(C(=O)c3ccc4ccccc4c3)CC2)cc1. The number of rotatable bonds is 4. The molecule has 0 spiro atoms. The van der Waals surface area contributed by atoms with Gasteiger partial charge in [-0.25, -0.2) is 0 Å². The van der Waals surface area contributed by atoms with Gasteiger partial charge in [0.25, 0.3) is 5.91 Å². The summed E-state index contributed by atoms with van der Waals surface area (Å²) in [5.41, 5.74) is 2.58. The zero-order valence-electron chi connectivity index (χ0n) is 15.5. The molecular weight excluding hydrogens is 352 g/mol. The fraction of sp³-hybridized carbons (Fsp3) is 0.217. The van der Waals surface area contributed by atoms with Gasteiger partial charge in [0.15, 0.2) is 0 Å². The van der Waals surface area contributed by atoms with Crippen LogP contribution < -0.4 is 4.90 Å². The molecule has 0 saturated carbocycles. The molecule has 1 heterocycles. The minimum Gasteiger partial charge on any atom is -0.481 e. The van der Waals surface area contributed by atoms with Crippen LogP contribution in [-0.4, -0.2) is 48.1 Å². The van der Waals surface area contributed by atoms with E-state index in [2.05, 4.69) is 4.90 Å². The van der Waals surface area contributed by atoms with Crippen molar-refractivity contribution in [2.24, 2.45) is 0 Å². The van der Waals surface area contributed by atoms with Crippen LogP contribution >= 0.6 is 0 Å². The molecule has 142 valence electrons. The van der Waals surface area contributed by atoms with Crippen LogP contribution in [0.4, 0.5) is 5.69 Å². The zero-order chi connectivity index (χ0) is 19.5. The Morgan fingerprint density at radius 2 is 1.50 bits per heavy atom. The molecule has 1 saturated heterocycles. The Balaban J connectivity index is 1.40. The Morgan fingerprint density at radius 3 is 2.18 bits per heavy atom. The summed E-state index contributed by atoms with van der Waals surface area (Å²) in [6.07, 6.45) is 0.0360. The average Bonchev–Trinajstić information content (AvgIpc) is 2.73. The van der Waals surface area contributed by atoms with E-state index in [1.54, 1.807) is 0 Å². The van der Waals surface area contributed by atoms with Crippen LogP contribution in [0.5, 0.6) is 0 Å². The van der Waals surface area contributed by atoms with Crippen molar-refractivity contribution in [3.05, 3.63) is 77.9 Å². The number of anilines is 1. The molecular formula is C23H22N2O3. The topological polar surface area (TPSA) is 60.9 Å². The Labute approximate surface area is 163 Å². The van der Waals surface area contributed by atoms with Gasteiger partial charge in [-0.05, 0) is 40.6 Å². The number of hydrogen-bond donors (Lipinski definition) is 1. The monoisotopic (exact) mass is 374 g/mol. The molecule has 0 atom stereocenters. The molecule has 4 rings (SSSR count). The van der Waals surface area contributed by atoms with Crippen molar-refractivity contribution < 1.29 is 14.7 Å². The number of nitrogens with zero attached hydrogens (tertiary/aromatic N) is 2. The van der Waals surface area contributed by atoms with Crippen LogP contribution in [0.15, 0.2) is 66.7 Å². The second-order valence-corrected chi connectivity index (χ2v) is 7.08. The Bertz CT molecular complexity index is 1010. The second-order valence-electron chi connectivity index (χ2n) is 7.08. The molecule has 3 aromatic carbocycles. The van der Waals surface area contributed by atoms with E-state index in [-0.39, 0.29) is 12.3 Å². The van der Waals surface area contributed by atoms with Crippen LogP contribution in [0.25, 0.3) is 10.8 Å². The highest BCUT2D eigenvalue weighted by atomic mass is 16.4. The number of fused-ring (bicyclic) bond motifs is 1. The third-order valence-corrected chi connectivity index (χ3v) is 5.22. The van der Waals surface area contributed by atoms with Crippen LogP contribution in [-0.2, 0) is 11.2 Å². The molecule has 1 N–H and O–H groups in total. The first-order chi connectivity index (χ1) is 13.6. The minimum atomic E-state index is -0.825. The lowest BCUT2D eigenvalue weighted by Gasteiger charge is -2.36. The lowest BCUT2D eigenvalue weighted by atomic mass is 10.1. The summed E-state index contributed by atoms with van der Waals surface area (Å²) in [6.45, 7) is 2.86. The number of amides is 1. The quantitative estimate of drug-likeness (QED) is 0.760. The molecule has 5 nitrogen and oxygen atoms in total. The van der Waals surface area contributed by atoms with Gasteiger partial charge in [0.2, 0.25) is 0 Å². The predicted octanol–water partition coefficient (Wildman–Crippen LogP) is 3.43. The number of aliphatic carboxylic acids is 1. The molecule has 0 bridgehead atoms. The Kier molecular flexibility index (Phi) is 4.98. The fourth-order valence-electron chi connectivity index (χ4n) is 3.67. The number of carboxylic acids is 1. The van der Waals surface area contributed by atoms with E-state index in [0.717, 1.165) is 40.7 Å². The molecule has 1 aliphatic rings. The van der Waals surface area contributed by atoms with Crippen LogP contribution in [0.2, 0.25) is 0 Å². The summed E-state index contributed by atoms with van der Waals surface area (Å²) in [5, 5.41) is 11.1. The summed E-state index contributed by atoms with van der Waals surface area (Å²) in [6, 6.07) is 21.5. The average molecular weight is 374 g/mol. The maximum absolute atomic E-state index is 12.9. The van der Waals surface area contributed by atoms with E-state index in [1.807, 2.05) is 71.6 Å². The van der Waals surface area contributed by atoms with E-state index < -0.39 is 5.97 Å². The smallest absolute Gasteiger partial charge is 0.307 e. The van der Waals surface area contributed by atoms with Crippen LogP contribution in [0, 0.1) is 0 Å². The van der Waals surface area contributed by atoms with Gasteiger partial charge in [-0.2, -0.15) is 0 Å². The van der Waals surface area contributed by atoms with E-state index in [9.17, 15) is 9.59 Å². The summed E-state index contributed by atoms with van der Waals surface area (Å²) in [5.74, 6) is -0.754. The van der Waals surface area contributed by atoms with Crippen molar-refractivity contribution in [3.8, 4) is 0 Å². The highest BCUT2D eigenvalue weighted by Crippen LogP contribution is 2.20. The molecule has 5 heteroatoms. The molecule has 1 amide bonds. The van der Waals surface area contributed by atoms with E-state index >= 15 is 0 Å². The molecule has 0 unspecified atom stereocenters. The largest absolute Gasteiger partial charge is 0.481 e. The molecule has 0 aliphatic carbocycles. The normalized spacial score (nSPS) is 14.3.